The first-order chi connectivity index (χ1) is 12.4. The topological polar surface area (TPSA) is 57.6 Å². The Bertz CT molecular complexity index is 904. The lowest BCUT2D eigenvalue weighted by Gasteiger charge is -2.24. The van der Waals surface area contributed by atoms with E-state index in [9.17, 15) is 19.1 Å². The Kier molecular flexibility index (Phi) is 5.04. The highest BCUT2D eigenvalue weighted by Gasteiger charge is 2.45. The van der Waals surface area contributed by atoms with Gasteiger partial charge in [-0.05, 0) is 29.8 Å². The molecule has 6 heteroatoms. The van der Waals surface area contributed by atoms with E-state index in [1.807, 2.05) is 0 Å². The summed E-state index contributed by atoms with van der Waals surface area (Å²) in [5, 5.41) is 10.7. The van der Waals surface area contributed by atoms with Crippen LogP contribution in [0.25, 0.3) is 5.76 Å². The van der Waals surface area contributed by atoms with Crippen LogP contribution in [0.4, 0.5) is 4.39 Å². The predicted molar refractivity (Wildman–Crippen MR) is 99.7 cm³/mol. The Hall–Kier alpha value is -2.73. The molecule has 132 valence electrons. The van der Waals surface area contributed by atoms with Gasteiger partial charge in [0.15, 0.2) is 0 Å². The molecule has 0 bridgehead atoms. The van der Waals surface area contributed by atoms with E-state index in [2.05, 4.69) is 22.5 Å². The first-order valence-corrected chi connectivity index (χ1v) is 8.64. The molecule has 0 radical (unpaired) electrons. The van der Waals surface area contributed by atoms with E-state index < -0.39 is 23.5 Å². The zero-order valence-corrected chi connectivity index (χ0v) is 15.2. The van der Waals surface area contributed by atoms with Crippen molar-refractivity contribution in [1.82, 2.24) is 4.90 Å². The van der Waals surface area contributed by atoms with Gasteiger partial charge in [-0.15, -0.1) is 6.58 Å². The molecular weight excluding hydrogens is 401 g/mol. The molecule has 0 aliphatic carbocycles. The van der Waals surface area contributed by atoms with E-state index in [1.54, 1.807) is 24.3 Å². The monoisotopic (exact) mass is 415 g/mol. The fraction of sp³-hybridized carbons (Fsp3) is 0.100. The molecule has 1 amide bonds. The second-order valence-electron chi connectivity index (χ2n) is 5.80. The van der Waals surface area contributed by atoms with Gasteiger partial charge in [-0.3, -0.25) is 9.59 Å². The highest BCUT2D eigenvalue weighted by molar-refractivity contribution is 9.10. The molecule has 2 aromatic rings. The number of ketones is 1. The van der Waals surface area contributed by atoms with E-state index in [4.69, 9.17) is 0 Å². The fourth-order valence-corrected chi connectivity index (χ4v) is 3.23. The van der Waals surface area contributed by atoms with Crippen molar-refractivity contribution in [3.8, 4) is 0 Å². The summed E-state index contributed by atoms with van der Waals surface area (Å²) in [5.74, 6) is -2.20. The molecular formula is C20H15BrFNO3. The maximum Gasteiger partial charge on any atom is 0.295 e. The minimum atomic E-state index is -0.808. The maximum absolute atomic E-state index is 13.3. The summed E-state index contributed by atoms with van der Waals surface area (Å²) in [5.41, 5.74) is 0.925. The molecule has 2 aromatic carbocycles. The predicted octanol–water partition coefficient (Wildman–Crippen LogP) is 4.20. The van der Waals surface area contributed by atoms with Crippen molar-refractivity contribution in [1.29, 1.82) is 0 Å². The third kappa shape index (κ3) is 3.20. The lowest BCUT2D eigenvalue weighted by Crippen LogP contribution is -2.29. The Balaban J connectivity index is 2.18. The quantitative estimate of drug-likeness (QED) is 0.352. The first kappa shape index (κ1) is 18.1. The second-order valence-corrected chi connectivity index (χ2v) is 6.71. The number of aliphatic hydroxyl groups is 1. The molecule has 4 nitrogen and oxygen atoms in total. The molecule has 1 heterocycles. The van der Waals surface area contributed by atoms with Crippen molar-refractivity contribution in [2.24, 2.45) is 0 Å². The minimum Gasteiger partial charge on any atom is -0.507 e. The van der Waals surface area contributed by atoms with E-state index in [1.165, 1.54) is 35.2 Å². The van der Waals surface area contributed by atoms with Crippen LogP contribution in [0, 0.1) is 5.82 Å². The lowest BCUT2D eigenvalue weighted by molar-refractivity contribution is -0.139. The van der Waals surface area contributed by atoms with Crippen molar-refractivity contribution in [2.45, 2.75) is 6.04 Å². The van der Waals surface area contributed by atoms with Crippen LogP contribution in [0.5, 0.6) is 0 Å². The number of hydrogen-bond acceptors (Lipinski definition) is 3. The number of carbonyl (C=O) groups is 2. The van der Waals surface area contributed by atoms with Gasteiger partial charge in [0.25, 0.3) is 11.7 Å². The normalized spacial score (nSPS) is 19.0. The van der Waals surface area contributed by atoms with E-state index in [-0.39, 0.29) is 17.9 Å². The highest BCUT2D eigenvalue weighted by Crippen LogP contribution is 2.39. The van der Waals surface area contributed by atoms with E-state index in [0.29, 0.717) is 11.1 Å². The number of hydrogen-bond donors (Lipinski definition) is 1. The second kappa shape index (κ2) is 7.25. The van der Waals surface area contributed by atoms with Gasteiger partial charge in [0.2, 0.25) is 0 Å². The van der Waals surface area contributed by atoms with Gasteiger partial charge in [-0.1, -0.05) is 46.3 Å². The number of Topliss-reactive ketones (excluding diaryl/α,β-unsaturated/α-hetero) is 1. The number of aliphatic hydroxyl groups excluding tert-OH is 1. The van der Waals surface area contributed by atoms with Crippen molar-refractivity contribution in [3.05, 3.63) is 88.2 Å². The molecule has 1 N–H and O–H groups in total. The number of nitrogens with zero attached hydrogens (tertiary/aromatic N) is 1. The van der Waals surface area contributed by atoms with Gasteiger partial charge < -0.3 is 10.0 Å². The smallest absolute Gasteiger partial charge is 0.295 e. The van der Waals surface area contributed by atoms with Gasteiger partial charge in [-0.2, -0.15) is 0 Å². The van der Waals surface area contributed by atoms with Crippen LogP contribution in [-0.2, 0) is 9.59 Å². The molecule has 3 rings (SSSR count). The molecule has 1 fully saturated rings. The summed E-state index contributed by atoms with van der Waals surface area (Å²) in [6, 6.07) is 11.4. The zero-order valence-electron chi connectivity index (χ0n) is 13.7. The van der Waals surface area contributed by atoms with Crippen LogP contribution in [-0.4, -0.2) is 28.2 Å². The summed E-state index contributed by atoms with van der Waals surface area (Å²) in [4.78, 5) is 26.4. The number of amides is 1. The molecule has 1 saturated heterocycles. The van der Waals surface area contributed by atoms with Gasteiger partial charge in [0.05, 0.1) is 11.6 Å². The summed E-state index contributed by atoms with van der Waals surface area (Å²) in [7, 11) is 0. The first-order valence-electron chi connectivity index (χ1n) is 7.84. The van der Waals surface area contributed by atoms with Gasteiger partial charge in [0.1, 0.15) is 11.6 Å². The van der Waals surface area contributed by atoms with Crippen LogP contribution < -0.4 is 0 Å². The molecule has 1 aliphatic heterocycles. The SMILES string of the molecule is C=CCN1C(=O)C(=O)/C(=C(/O)c2ccc(Br)cc2)C1c1ccc(F)cc1. The van der Waals surface area contributed by atoms with Crippen molar-refractivity contribution in [3.63, 3.8) is 0 Å². The van der Waals surface area contributed by atoms with E-state index in [0.717, 1.165) is 4.47 Å². The molecule has 0 aromatic heterocycles. The largest absolute Gasteiger partial charge is 0.507 e. The average molecular weight is 416 g/mol. The number of halogens is 2. The summed E-state index contributed by atoms with van der Waals surface area (Å²) < 4.78 is 14.1. The highest BCUT2D eigenvalue weighted by atomic mass is 79.9. The van der Waals surface area contributed by atoms with Crippen molar-refractivity contribution in [2.75, 3.05) is 6.54 Å². The van der Waals surface area contributed by atoms with Crippen LogP contribution in [0.1, 0.15) is 17.2 Å². The van der Waals surface area contributed by atoms with Crippen LogP contribution in [0.15, 0.2) is 71.2 Å². The number of carbonyl (C=O) groups excluding carboxylic acids is 2. The maximum atomic E-state index is 13.3. The van der Waals surface area contributed by atoms with E-state index >= 15 is 0 Å². The summed E-state index contributed by atoms with van der Waals surface area (Å²) in [6.07, 6.45) is 1.50. The Morgan fingerprint density at radius 1 is 1.15 bits per heavy atom. The number of likely N-dealkylation sites (tertiary alicyclic amines) is 1. The van der Waals surface area contributed by atoms with Crippen LogP contribution in [0.3, 0.4) is 0 Å². The Morgan fingerprint density at radius 3 is 2.35 bits per heavy atom. The standard InChI is InChI=1S/C20H15BrFNO3/c1-2-11-23-17(12-5-9-15(22)10-6-12)16(19(25)20(23)26)18(24)13-3-7-14(21)8-4-13/h2-10,17,24H,1,11H2/b18-16+. The Labute approximate surface area is 158 Å². The molecule has 0 saturated carbocycles. The van der Waals surface area contributed by atoms with Gasteiger partial charge >= 0.3 is 0 Å². The summed E-state index contributed by atoms with van der Waals surface area (Å²) in [6.45, 7) is 3.74. The lowest BCUT2D eigenvalue weighted by atomic mass is 9.95. The minimum absolute atomic E-state index is 0.0224. The van der Waals surface area contributed by atoms with Crippen molar-refractivity contribution < 1.29 is 19.1 Å². The molecule has 0 spiro atoms. The fourth-order valence-electron chi connectivity index (χ4n) is 2.96. The Morgan fingerprint density at radius 2 is 1.77 bits per heavy atom. The zero-order chi connectivity index (χ0) is 18.8. The number of rotatable bonds is 4. The molecule has 1 atom stereocenters. The van der Waals surface area contributed by atoms with Crippen molar-refractivity contribution >= 4 is 33.4 Å². The van der Waals surface area contributed by atoms with Gasteiger partial charge in [0, 0.05) is 16.6 Å². The van der Waals surface area contributed by atoms with Crippen LogP contribution in [0.2, 0.25) is 0 Å². The molecule has 26 heavy (non-hydrogen) atoms. The third-order valence-corrected chi connectivity index (χ3v) is 4.70. The number of benzene rings is 2. The third-order valence-electron chi connectivity index (χ3n) is 4.17. The van der Waals surface area contributed by atoms with Crippen LogP contribution >= 0.6 is 15.9 Å². The van der Waals surface area contributed by atoms with Gasteiger partial charge in [-0.25, -0.2) is 4.39 Å². The molecule has 1 unspecified atom stereocenters. The average Bonchev–Trinajstić information content (AvgIpc) is 2.88. The summed E-state index contributed by atoms with van der Waals surface area (Å²) >= 11 is 3.31. The molecule has 1 aliphatic rings.